The molecule has 1 amide bonds. The molecular weight excluding hydrogens is 406 g/mol. The number of thiazole rings is 1. The van der Waals surface area contributed by atoms with Crippen LogP contribution >= 0.6 is 11.3 Å². The van der Waals surface area contributed by atoms with Gasteiger partial charge in [-0.2, -0.15) is 0 Å². The Morgan fingerprint density at radius 3 is 2.84 bits per heavy atom. The van der Waals surface area contributed by atoms with Gasteiger partial charge < -0.3 is 14.6 Å². The zero-order valence-electron chi connectivity index (χ0n) is 17.7. The zero-order chi connectivity index (χ0) is 21.4. The van der Waals surface area contributed by atoms with E-state index in [0.29, 0.717) is 13.0 Å². The molecule has 2 aromatic carbocycles. The average molecular weight is 432 g/mol. The first-order valence-corrected chi connectivity index (χ1v) is 11.5. The number of amides is 1. The minimum Gasteiger partial charge on any atom is -0.496 e. The summed E-state index contributed by atoms with van der Waals surface area (Å²) in [6.45, 7) is 2.70. The van der Waals surface area contributed by atoms with Crippen molar-refractivity contribution in [2.75, 3.05) is 13.7 Å². The predicted octanol–water partition coefficient (Wildman–Crippen LogP) is 5.05. The van der Waals surface area contributed by atoms with Crippen LogP contribution in [0.3, 0.4) is 0 Å². The molecule has 0 unspecified atom stereocenters. The highest BCUT2D eigenvalue weighted by Crippen LogP contribution is 2.41. The molecule has 1 aliphatic rings. The molecule has 0 radical (unpaired) electrons. The van der Waals surface area contributed by atoms with Crippen LogP contribution in [0.15, 0.2) is 54.0 Å². The molecule has 0 aliphatic carbocycles. The van der Waals surface area contributed by atoms with Crippen molar-refractivity contribution < 1.29 is 9.53 Å². The number of hydrogen-bond donors (Lipinski definition) is 1. The van der Waals surface area contributed by atoms with E-state index in [1.165, 1.54) is 15.8 Å². The lowest BCUT2D eigenvalue weighted by atomic mass is 9.91. The number of carbonyl (C=O) groups excluding carboxylic acids is 1. The summed E-state index contributed by atoms with van der Waals surface area (Å²) in [6.07, 6.45) is 2.05. The van der Waals surface area contributed by atoms with Gasteiger partial charge in [0.05, 0.1) is 18.3 Å². The summed E-state index contributed by atoms with van der Waals surface area (Å²) in [5, 5.41) is 1.24. The molecule has 0 bridgehead atoms. The van der Waals surface area contributed by atoms with Crippen LogP contribution in [-0.4, -0.2) is 34.4 Å². The van der Waals surface area contributed by atoms with E-state index in [9.17, 15) is 4.79 Å². The lowest BCUT2D eigenvalue weighted by molar-refractivity contribution is -0.133. The monoisotopic (exact) mass is 431 g/mol. The van der Waals surface area contributed by atoms with Crippen LogP contribution in [0.25, 0.3) is 10.9 Å². The Bertz CT molecular complexity index is 1240. The molecule has 3 heterocycles. The number of benzene rings is 2. The van der Waals surface area contributed by atoms with Gasteiger partial charge in [0.25, 0.3) is 0 Å². The number of fused-ring (bicyclic) bond motifs is 3. The number of hydrogen-bond acceptors (Lipinski definition) is 4. The SMILES string of the molecule is COc1ccccc1[C@@H]1c2[nH]c3ccccc3c2CCN1C(=O)CCc1scnc1C. The molecule has 158 valence electrons. The quantitative estimate of drug-likeness (QED) is 0.481. The molecule has 0 fully saturated rings. The number of carbonyl (C=O) groups is 1. The molecule has 2 aromatic heterocycles. The second-order valence-electron chi connectivity index (χ2n) is 7.91. The second kappa shape index (κ2) is 8.19. The summed E-state index contributed by atoms with van der Waals surface area (Å²) in [5.41, 5.74) is 7.40. The predicted molar refractivity (Wildman–Crippen MR) is 124 cm³/mol. The van der Waals surface area contributed by atoms with E-state index in [1.54, 1.807) is 18.4 Å². The van der Waals surface area contributed by atoms with Crippen LogP contribution in [0.5, 0.6) is 5.75 Å². The topological polar surface area (TPSA) is 58.2 Å². The van der Waals surface area contributed by atoms with Crippen molar-refractivity contribution in [3.8, 4) is 5.75 Å². The van der Waals surface area contributed by atoms with E-state index in [0.717, 1.165) is 41.1 Å². The summed E-state index contributed by atoms with van der Waals surface area (Å²) < 4.78 is 5.69. The van der Waals surface area contributed by atoms with Crippen LogP contribution in [-0.2, 0) is 17.6 Å². The van der Waals surface area contributed by atoms with Crippen molar-refractivity contribution >= 4 is 28.1 Å². The standard InChI is InChI=1S/C25H25N3O2S/c1-16-22(31-15-26-16)11-12-23(29)28-14-13-18-17-7-3-5-9-20(17)27-24(18)25(28)19-8-4-6-10-21(19)30-2/h3-10,15,25,27H,11-14H2,1-2H3/t25-/m1/s1. The van der Waals surface area contributed by atoms with E-state index in [4.69, 9.17) is 4.74 Å². The van der Waals surface area contributed by atoms with Gasteiger partial charge in [-0.05, 0) is 37.5 Å². The number of H-pyrrole nitrogens is 1. The van der Waals surface area contributed by atoms with Gasteiger partial charge in [-0.3, -0.25) is 4.79 Å². The summed E-state index contributed by atoms with van der Waals surface area (Å²) >= 11 is 1.62. The number of nitrogens with one attached hydrogen (secondary N) is 1. The van der Waals surface area contributed by atoms with Gasteiger partial charge in [-0.15, -0.1) is 11.3 Å². The van der Waals surface area contributed by atoms with Crippen LogP contribution in [0.1, 0.15) is 39.9 Å². The van der Waals surface area contributed by atoms with Crippen molar-refractivity contribution in [1.29, 1.82) is 0 Å². The third-order valence-electron chi connectivity index (χ3n) is 6.20. The Balaban J connectivity index is 1.55. The van der Waals surface area contributed by atoms with Gasteiger partial charge in [-0.25, -0.2) is 4.98 Å². The normalized spacial score (nSPS) is 15.8. The first-order chi connectivity index (χ1) is 15.2. The maximum absolute atomic E-state index is 13.5. The number of ether oxygens (including phenoxy) is 1. The summed E-state index contributed by atoms with van der Waals surface area (Å²) in [5.74, 6) is 0.961. The Hall–Kier alpha value is -3.12. The second-order valence-corrected chi connectivity index (χ2v) is 8.84. The van der Waals surface area contributed by atoms with Crippen molar-refractivity contribution in [2.45, 2.75) is 32.2 Å². The molecule has 4 aromatic rings. The molecule has 0 saturated heterocycles. The Labute approximate surface area is 185 Å². The van der Waals surface area contributed by atoms with Crippen molar-refractivity contribution in [3.05, 3.63) is 81.4 Å². The number of para-hydroxylation sites is 2. The maximum Gasteiger partial charge on any atom is 0.223 e. The molecular formula is C25H25N3O2S. The van der Waals surface area contributed by atoms with E-state index < -0.39 is 0 Å². The minimum atomic E-state index is -0.192. The molecule has 5 rings (SSSR count). The molecule has 6 heteroatoms. The Kier molecular flexibility index (Phi) is 5.24. The molecule has 0 saturated carbocycles. The van der Waals surface area contributed by atoms with Gasteiger partial charge in [0.1, 0.15) is 11.8 Å². The first kappa shape index (κ1) is 19.8. The highest BCUT2D eigenvalue weighted by Gasteiger charge is 2.35. The average Bonchev–Trinajstić information content (AvgIpc) is 3.39. The number of aromatic amines is 1. The number of aryl methyl sites for hydroxylation is 2. The van der Waals surface area contributed by atoms with Crippen molar-refractivity contribution in [1.82, 2.24) is 14.9 Å². The minimum absolute atomic E-state index is 0.160. The fourth-order valence-electron chi connectivity index (χ4n) is 4.66. The molecule has 0 spiro atoms. The Morgan fingerprint density at radius 2 is 2.03 bits per heavy atom. The highest BCUT2D eigenvalue weighted by atomic mass is 32.1. The molecule has 5 nitrogen and oxygen atoms in total. The molecule has 31 heavy (non-hydrogen) atoms. The zero-order valence-corrected chi connectivity index (χ0v) is 18.5. The first-order valence-electron chi connectivity index (χ1n) is 10.6. The summed E-state index contributed by atoms with van der Waals surface area (Å²) in [7, 11) is 1.69. The molecule has 1 atom stereocenters. The fourth-order valence-corrected chi connectivity index (χ4v) is 5.44. The van der Waals surface area contributed by atoms with Gasteiger partial charge in [-0.1, -0.05) is 36.4 Å². The van der Waals surface area contributed by atoms with E-state index in [-0.39, 0.29) is 11.9 Å². The van der Waals surface area contributed by atoms with E-state index in [2.05, 4.69) is 34.2 Å². The van der Waals surface area contributed by atoms with Crippen LogP contribution in [0, 0.1) is 6.92 Å². The third kappa shape index (κ3) is 3.51. The molecule has 1 aliphatic heterocycles. The van der Waals surface area contributed by atoms with Crippen LogP contribution in [0.4, 0.5) is 0 Å². The van der Waals surface area contributed by atoms with Gasteiger partial charge >= 0.3 is 0 Å². The van der Waals surface area contributed by atoms with E-state index in [1.807, 2.05) is 41.6 Å². The number of rotatable bonds is 5. The largest absolute Gasteiger partial charge is 0.496 e. The molecule has 1 N–H and O–H groups in total. The van der Waals surface area contributed by atoms with Gasteiger partial charge in [0.2, 0.25) is 5.91 Å². The summed E-state index contributed by atoms with van der Waals surface area (Å²) in [6, 6.07) is 16.2. The Morgan fingerprint density at radius 1 is 1.23 bits per heavy atom. The van der Waals surface area contributed by atoms with Gasteiger partial charge in [0.15, 0.2) is 0 Å². The lowest BCUT2D eigenvalue weighted by Crippen LogP contribution is -2.40. The van der Waals surface area contributed by atoms with Crippen molar-refractivity contribution in [3.63, 3.8) is 0 Å². The maximum atomic E-state index is 13.5. The smallest absolute Gasteiger partial charge is 0.223 e. The van der Waals surface area contributed by atoms with Gasteiger partial charge in [0, 0.05) is 40.0 Å². The number of methoxy groups -OCH3 is 1. The fraction of sp³-hybridized carbons (Fsp3) is 0.280. The van der Waals surface area contributed by atoms with Crippen LogP contribution < -0.4 is 4.74 Å². The lowest BCUT2D eigenvalue weighted by Gasteiger charge is -2.37. The number of aromatic nitrogens is 2. The third-order valence-corrected chi connectivity index (χ3v) is 7.19. The van der Waals surface area contributed by atoms with Crippen molar-refractivity contribution in [2.24, 2.45) is 0 Å². The number of nitrogens with zero attached hydrogens (tertiary/aromatic N) is 2. The summed E-state index contributed by atoms with van der Waals surface area (Å²) in [4.78, 5) is 24.6. The highest BCUT2D eigenvalue weighted by molar-refractivity contribution is 7.09. The van der Waals surface area contributed by atoms with Crippen LogP contribution in [0.2, 0.25) is 0 Å². The van der Waals surface area contributed by atoms with E-state index >= 15 is 0 Å².